The van der Waals surface area contributed by atoms with E-state index in [1.807, 2.05) is 0 Å². The Bertz CT molecular complexity index is 1950. The van der Waals surface area contributed by atoms with E-state index in [1.165, 1.54) is 0 Å². The molecule has 0 amide bonds. The lowest BCUT2D eigenvalue weighted by molar-refractivity contribution is 0.304. The van der Waals surface area contributed by atoms with Crippen molar-refractivity contribution in [1.29, 1.82) is 0 Å². The van der Waals surface area contributed by atoms with Gasteiger partial charge in [-0.2, -0.15) is 0 Å². The van der Waals surface area contributed by atoms with Crippen molar-refractivity contribution in [3.8, 4) is 68.6 Å². The largest absolute Gasteiger partial charge is 0.496 e. The van der Waals surface area contributed by atoms with E-state index in [2.05, 4.69) is 52.6 Å². The van der Waals surface area contributed by atoms with Gasteiger partial charge in [-0.15, -0.1) is 0 Å². The standard InChI is InChI=1S/C46H50O10/c1-11-19-49-33-29-37(53-23-15-5)45(55-25-17-7)43-35(51-21-13-3)27-31(47-9)39(41(33)43)40-32(48-10)28-36(52-22-14-4)44-42(40)34(50-20-12-2)30-38(54-24-16-6)46(44)56-26-18-8/h11-18,27-30H,1-8,19-26H2,9-10H3. The lowest BCUT2D eigenvalue weighted by atomic mass is 9.89. The highest BCUT2D eigenvalue weighted by atomic mass is 16.5. The first kappa shape index (κ1) is 42.1. The number of hydrogen-bond acceptors (Lipinski definition) is 10. The van der Waals surface area contributed by atoms with Crippen LogP contribution in [0.5, 0.6) is 57.5 Å². The average molecular weight is 763 g/mol. The molecule has 0 aliphatic carbocycles. The minimum Gasteiger partial charge on any atom is -0.496 e. The third-order valence-electron chi connectivity index (χ3n) is 7.95. The van der Waals surface area contributed by atoms with Gasteiger partial charge in [0.25, 0.3) is 0 Å². The van der Waals surface area contributed by atoms with Crippen molar-refractivity contribution < 1.29 is 47.4 Å². The van der Waals surface area contributed by atoms with Gasteiger partial charge in [-0.25, -0.2) is 0 Å². The van der Waals surface area contributed by atoms with Gasteiger partial charge in [0, 0.05) is 46.2 Å². The van der Waals surface area contributed by atoms with Crippen molar-refractivity contribution in [2.24, 2.45) is 0 Å². The van der Waals surface area contributed by atoms with Gasteiger partial charge in [0.15, 0.2) is 23.0 Å². The fourth-order valence-corrected chi connectivity index (χ4v) is 5.92. The minimum atomic E-state index is 0.145. The van der Waals surface area contributed by atoms with Crippen LogP contribution < -0.4 is 47.4 Å². The molecular formula is C46H50O10. The Labute approximate surface area is 329 Å². The summed E-state index contributed by atoms with van der Waals surface area (Å²) >= 11 is 0. The number of benzene rings is 4. The normalized spacial score (nSPS) is 10.4. The molecule has 0 radical (unpaired) electrons. The zero-order valence-electron chi connectivity index (χ0n) is 32.3. The van der Waals surface area contributed by atoms with E-state index in [9.17, 15) is 0 Å². The molecular weight excluding hydrogens is 712 g/mol. The third-order valence-corrected chi connectivity index (χ3v) is 7.95. The number of fused-ring (bicyclic) bond motifs is 2. The fraction of sp³-hybridized carbons (Fsp3) is 0.217. The monoisotopic (exact) mass is 762 g/mol. The van der Waals surface area contributed by atoms with Gasteiger partial charge >= 0.3 is 0 Å². The first-order chi connectivity index (χ1) is 27.4. The molecule has 0 aliphatic rings. The van der Waals surface area contributed by atoms with Crippen LogP contribution in [0.25, 0.3) is 32.7 Å². The molecule has 0 atom stereocenters. The Balaban J connectivity index is 2.45. The van der Waals surface area contributed by atoms with E-state index in [1.54, 1.807) is 87.1 Å². The second kappa shape index (κ2) is 21.3. The quantitative estimate of drug-likeness (QED) is 0.0547. The van der Waals surface area contributed by atoms with E-state index in [0.29, 0.717) is 90.2 Å². The topological polar surface area (TPSA) is 92.3 Å². The van der Waals surface area contributed by atoms with Crippen LogP contribution in [0.15, 0.2) is 126 Å². The second-order valence-corrected chi connectivity index (χ2v) is 11.6. The molecule has 0 bridgehead atoms. The number of ether oxygens (including phenoxy) is 10. The van der Waals surface area contributed by atoms with Gasteiger partial charge in [0.05, 0.1) is 25.0 Å². The van der Waals surface area contributed by atoms with Crippen molar-refractivity contribution in [3.05, 3.63) is 126 Å². The summed E-state index contributed by atoms with van der Waals surface area (Å²) in [4.78, 5) is 0. The maximum atomic E-state index is 6.45. The Hall–Kier alpha value is -6.68. The van der Waals surface area contributed by atoms with Crippen molar-refractivity contribution in [3.63, 3.8) is 0 Å². The molecule has 0 fully saturated rings. The van der Waals surface area contributed by atoms with Crippen LogP contribution in [0.3, 0.4) is 0 Å². The summed E-state index contributed by atoms with van der Waals surface area (Å²) in [5.41, 5.74) is 1.06. The van der Waals surface area contributed by atoms with Gasteiger partial charge in [0.1, 0.15) is 87.4 Å². The predicted octanol–water partition coefficient (Wildman–Crippen LogP) is 10.2. The summed E-state index contributed by atoms with van der Waals surface area (Å²) in [6, 6.07) is 7.04. The van der Waals surface area contributed by atoms with Gasteiger partial charge in [-0.05, 0) is 0 Å². The summed E-state index contributed by atoms with van der Waals surface area (Å²) < 4.78 is 63.2. The van der Waals surface area contributed by atoms with Crippen LogP contribution in [0.4, 0.5) is 0 Å². The number of methoxy groups -OCH3 is 2. The first-order valence-electron chi connectivity index (χ1n) is 17.8. The minimum absolute atomic E-state index is 0.145. The Morgan fingerprint density at radius 1 is 0.321 bits per heavy atom. The maximum Gasteiger partial charge on any atom is 0.173 e. The second-order valence-electron chi connectivity index (χ2n) is 11.6. The zero-order chi connectivity index (χ0) is 40.5. The molecule has 0 saturated heterocycles. The lowest BCUT2D eigenvalue weighted by Gasteiger charge is -2.26. The predicted molar refractivity (Wildman–Crippen MR) is 226 cm³/mol. The molecule has 4 aromatic carbocycles. The molecule has 0 spiro atoms. The average Bonchev–Trinajstić information content (AvgIpc) is 3.22. The third kappa shape index (κ3) is 9.15. The van der Waals surface area contributed by atoms with Crippen LogP contribution in [0.1, 0.15) is 0 Å². The number of rotatable bonds is 27. The first-order valence-corrected chi connectivity index (χ1v) is 17.8. The Morgan fingerprint density at radius 2 is 0.554 bits per heavy atom. The van der Waals surface area contributed by atoms with Crippen molar-refractivity contribution in [2.45, 2.75) is 0 Å². The molecule has 0 unspecified atom stereocenters. The van der Waals surface area contributed by atoms with E-state index in [-0.39, 0.29) is 52.9 Å². The molecule has 10 heteroatoms. The Kier molecular flexibility index (Phi) is 16.0. The molecule has 0 N–H and O–H groups in total. The van der Waals surface area contributed by atoms with Crippen molar-refractivity contribution in [1.82, 2.24) is 0 Å². The molecule has 294 valence electrons. The molecule has 10 nitrogen and oxygen atoms in total. The van der Waals surface area contributed by atoms with Gasteiger partial charge in [0.2, 0.25) is 0 Å². The SMILES string of the molecule is C=CCOc1cc(OCC=C)c2c(-c3c(OC)cc(OCC=C)c4c(OCC=C)c(OCC=C)cc(OCC=C)c34)c(OC)cc(OCC=C)c2c1OCC=C. The van der Waals surface area contributed by atoms with Crippen molar-refractivity contribution in [2.75, 3.05) is 67.1 Å². The van der Waals surface area contributed by atoms with E-state index < -0.39 is 0 Å². The van der Waals surface area contributed by atoms with Crippen LogP contribution in [0.2, 0.25) is 0 Å². The summed E-state index contributed by atoms with van der Waals surface area (Å²) in [7, 11) is 3.13. The summed E-state index contributed by atoms with van der Waals surface area (Å²) in [6.45, 7) is 32.2. The summed E-state index contributed by atoms with van der Waals surface area (Å²) in [5, 5.41) is 2.08. The molecule has 0 heterocycles. The smallest absolute Gasteiger partial charge is 0.173 e. The number of hydrogen-bond donors (Lipinski definition) is 0. The highest BCUT2D eigenvalue weighted by Crippen LogP contribution is 2.59. The van der Waals surface area contributed by atoms with Crippen LogP contribution >= 0.6 is 0 Å². The van der Waals surface area contributed by atoms with Crippen LogP contribution in [-0.4, -0.2) is 67.1 Å². The maximum absolute atomic E-state index is 6.45. The Morgan fingerprint density at radius 3 is 0.821 bits per heavy atom. The van der Waals surface area contributed by atoms with Crippen molar-refractivity contribution >= 4 is 21.5 Å². The highest BCUT2D eigenvalue weighted by Gasteiger charge is 2.32. The van der Waals surface area contributed by atoms with Crippen LogP contribution in [-0.2, 0) is 0 Å². The van der Waals surface area contributed by atoms with E-state index in [4.69, 9.17) is 47.4 Å². The summed E-state index contributed by atoms with van der Waals surface area (Å²) in [6.07, 6.45) is 13.1. The molecule has 0 saturated carbocycles. The van der Waals surface area contributed by atoms with Gasteiger partial charge in [-0.1, -0.05) is 101 Å². The van der Waals surface area contributed by atoms with Crippen LogP contribution in [0, 0.1) is 0 Å². The molecule has 0 aliphatic heterocycles. The highest BCUT2D eigenvalue weighted by molar-refractivity contribution is 6.19. The molecule has 4 rings (SSSR count). The molecule has 0 aromatic heterocycles. The van der Waals surface area contributed by atoms with E-state index in [0.717, 1.165) is 0 Å². The van der Waals surface area contributed by atoms with Gasteiger partial charge in [-0.3, -0.25) is 0 Å². The zero-order valence-corrected chi connectivity index (χ0v) is 32.3. The van der Waals surface area contributed by atoms with E-state index >= 15 is 0 Å². The fourth-order valence-electron chi connectivity index (χ4n) is 5.92. The van der Waals surface area contributed by atoms with Gasteiger partial charge < -0.3 is 47.4 Å². The lowest BCUT2D eigenvalue weighted by Crippen LogP contribution is -2.07. The molecule has 56 heavy (non-hydrogen) atoms. The summed E-state index contributed by atoms with van der Waals surface area (Å²) in [5.74, 6) is 3.86. The molecule has 4 aromatic rings.